The maximum atomic E-state index is 12.3. The molecular formula is C12H18IN3O2. The van der Waals surface area contributed by atoms with E-state index in [4.69, 9.17) is 4.74 Å². The zero-order valence-electron chi connectivity index (χ0n) is 10.6. The number of likely N-dealkylation sites (N-methyl/N-ethyl adjacent to an activating group) is 1. The largest absolute Gasteiger partial charge is 0.465 e. The molecule has 18 heavy (non-hydrogen) atoms. The Hall–Kier alpha value is -0.630. The second kappa shape index (κ2) is 5.56. The van der Waals surface area contributed by atoms with Gasteiger partial charge in [0.1, 0.15) is 5.54 Å². The number of carbonyl (C=O) groups excluding carboxylic acids is 1. The standard InChI is InChI=1S/C12H18IN3O2/c1-3-18-11(17)12(14-2,9-4-5-9)8-16-7-10(13)6-15-16/h6-7,9,14H,3-5,8H2,1-2H3. The van der Waals surface area contributed by atoms with Crippen molar-refractivity contribution in [1.82, 2.24) is 15.1 Å². The van der Waals surface area contributed by atoms with Crippen LogP contribution in [0.2, 0.25) is 0 Å². The van der Waals surface area contributed by atoms with Crippen molar-refractivity contribution >= 4 is 28.6 Å². The molecule has 6 heteroatoms. The lowest BCUT2D eigenvalue weighted by atomic mass is 9.93. The van der Waals surface area contributed by atoms with Gasteiger partial charge in [-0.2, -0.15) is 5.10 Å². The van der Waals surface area contributed by atoms with Crippen molar-refractivity contribution in [3.63, 3.8) is 0 Å². The van der Waals surface area contributed by atoms with E-state index in [1.165, 1.54) is 0 Å². The maximum absolute atomic E-state index is 12.3. The van der Waals surface area contributed by atoms with Gasteiger partial charge in [0.25, 0.3) is 0 Å². The van der Waals surface area contributed by atoms with Gasteiger partial charge in [-0.3, -0.25) is 4.68 Å². The molecule has 5 nitrogen and oxygen atoms in total. The lowest BCUT2D eigenvalue weighted by Gasteiger charge is -2.31. The first-order valence-electron chi connectivity index (χ1n) is 6.16. The van der Waals surface area contributed by atoms with Gasteiger partial charge in [0, 0.05) is 6.20 Å². The molecule has 0 aromatic carbocycles. The topological polar surface area (TPSA) is 56.2 Å². The zero-order valence-corrected chi connectivity index (χ0v) is 12.8. The molecule has 100 valence electrons. The molecule has 1 aromatic heterocycles. The normalized spacial score (nSPS) is 18.4. The van der Waals surface area contributed by atoms with E-state index in [9.17, 15) is 4.79 Å². The number of aromatic nitrogens is 2. The molecule has 0 radical (unpaired) electrons. The highest BCUT2D eigenvalue weighted by Gasteiger charge is 2.51. The van der Waals surface area contributed by atoms with Gasteiger partial charge >= 0.3 is 5.97 Å². The van der Waals surface area contributed by atoms with Crippen LogP contribution in [-0.2, 0) is 16.1 Å². The van der Waals surface area contributed by atoms with E-state index < -0.39 is 5.54 Å². The molecule has 1 heterocycles. The first-order valence-corrected chi connectivity index (χ1v) is 7.24. The van der Waals surface area contributed by atoms with E-state index in [0.29, 0.717) is 19.1 Å². The molecule has 1 atom stereocenters. The lowest BCUT2D eigenvalue weighted by molar-refractivity contribution is -0.153. The number of nitrogens with zero attached hydrogens (tertiary/aromatic N) is 2. The summed E-state index contributed by atoms with van der Waals surface area (Å²) in [5.41, 5.74) is -0.634. The van der Waals surface area contributed by atoms with Crippen LogP contribution in [0.5, 0.6) is 0 Å². The number of halogens is 1. The third-order valence-corrected chi connectivity index (χ3v) is 3.93. The summed E-state index contributed by atoms with van der Waals surface area (Å²) in [6.45, 7) is 2.77. The van der Waals surface area contributed by atoms with E-state index in [2.05, 4.69) is 33.0 Å². The van der Waals surface area contributed by atoms with Crippen LogP contribution in [0.1, 0.15) is 19.8 Å². The van der Waals surface area contributed by atoms with E-state index in [1.54, 1.807) is 6.20 Å². The number of hydrogen-bond acceptors (Lipinski definition) is 4. The maximum Gasteiger partial charge on any atom is 0.328 e. The SMILES string of the molecule is CCOC(=O)C(Cn1cc(I)cn1)(NC)C1CC1. The highest BCUT2D eigenvalue weighted by molar-refractivity contribution is 14.1. The summed E-state index contributed by atoms with van der Waals surface area (Å²) in [5.74, 6) is 0.184. The van der Waals surface area contributed by atoms with Crippen LogP contribution >= 0.6 is 22.6 Å². The second-order valence-corrected chi connectivity index (χ2v) is 5.82. The highest BCUT2D eigenvalue weighted by Crippen LogP contribution is 2.41. The monoisotopic (exact) mass is 363 g/mol. The van der Waals surface area contributed by atoms with E-state index in [1.807, 2.05) is 24.9 Å². The minimum atomic E-state index is -0.634. The van der Waals surface area contributed by atoms with Crippen LogP contribution < -0.4 is 5.32 Å². The number of nitrogens with one attached hydrogen (secondary N) is 1. The number of esters is 1. The van der Waals surface area contributed by atoms with Gasteiger partial charge in [-0.15, -0.1) is 0 Å². The molecule has 1 N–H and O–H groups in total. The Morgan fingerprint density at radius 2 is 2.44 bits per heavy atom. The van der Waals surface area contributed by atoms with Crippen LogP contribution in [0.3, 0.4) is 0 Å². The van der Waals surface area contributed by atoms with E-state index >= 15 is 0 Å². The average Bonchev–Trinajstić information content (AvgIpc) is 3.11. The Bertz CT molecular complexity index is 431. The fourth-order valence-corrected chi connectivity index (χ4v) is 2.71. The predicted molar refractivity (Wildman–Crippen MR) is 76.1 cm³/mol. The Kier molecular flexibility index (Phi) is 4.26. The molecule has 1 saturated carbocycles. The van der Waals surface area contributed by atoms with Crippen LogP contribution in [0, 0.1) is 9.49 Å². The summed E-state index contributed by atoms with van der Waals surface area (Å²) in [6, 6.07) is 0. The number of hydrogen-bond donors (Lipinski definition) is 1. The van der Waals surface area contributed by atoms with Crippen molar-refractivity contribution in [2.24, 2.45) is 5.92 Å². The molecule has 2 rings (SSSR count). The first-order chi connectivity index (χ1) is 8.62. The fourth-order valence-electron chi connectivity index (χ4n) is 2.26. The molecule has 0 saturated heterocycles. The van der Waals surface area contributed by atoms with Crippen molar-refractivity contribution < 1.29 is 9.53 Å². The van der Waals surface area contributed by atoms with E-state index in [-0.39, 0.29) is 5.97 Å². The minimum Gasteiger partial charge on any atom is -0.465 e. The Morgan fingerprint density at radius 1 is 1.72 bits per heavy atom. The minimum absolute atomic E-state index is 0.166. The lowest BCUT2D eigenvalue weighted by Crippen LogP contribution is -2.56. The summed E-state index contributed by atoms with van der Waals surface area (Å²) >= 11 is 2.21. The Morgan fingerprint density at radius 3 is 2.89 bits per heavy atom. The van der Waals surface area contributed by atoms with Gasteiger partial charge in [0.15, 0.2) is 0 Å². The van der Waals surface area contributed by atoms with Gasteiger partial charge in [-0.05, 0) is 55.3 Å². The van der Waals surface area contributed by atoms with Crippen LogP contribution in [-0.4, -0.2) is 34.9 Å². The molecular weight excluding hydrogens is 345 g/mol. The summed E-state index contributed by atoms with van der Waals surface area (Å²) in [6.07, 6.45) is 5.86. The van der Waals surface area contributed by atoms with Crippen molar-refractivity contribution in [3.05, 3.63) is 16.0 Å². The van der Waals surface area contributed by atoms with Gasteiger partial charge in [0.2, 0.25) is 0 Å². The third kappa shape index (κ3) is 2.69. The molecule has 1 aliphatic carbocycles. The smallest absolute Gasteiger partial charge is 0.328 e. The van der Waals surface area contributed by atoms with Gasteiger partial charge in [-0.25, -0.2) is 4.79 Å². The number of rotatable bonds is 6. The highest BCUT2D eigenvalue weighted by atomic mass is 127. The second-order valence-electron chi connectivity index (χ2n) is 4.57. The van der Waals surface area contributed by atoms with Crippen LogP contribution in [0.25, 0.3) is 0 Å². The molecule has 1 unspecified atom stereocenters. The summed E-state index contributed by atoms with van der Waals surface area (Å²) in [7, 11) is 1.82. The fraction of sp³-hybridized carbons (Fsp3) is 0.667. The molecule has 1 fully saturated rings. The number of carbonyl (C=O) groups is 1. The van der Waals surface area contributed by atoms with E-state index in [0.717, 1.165) is 16.4 Å². The quantitative estimate of drug-likeness (QED) is 0.614. The van der Waals surface area contributed by atoms with Gasteiger partial charge in [0.05, 0.1) is 22.9 Å². The Labute approximate surface area is 120 Å². The molecule has 1 aliphatic rings. The summed E-state index contributed by atoms with van der Waals surface area (Å²) in [5, 5.41) is 7.44. The molecule has 0 aliphatic heterocycles. The summed E-state index contributed by atoms with van der Waals surface area (Å²) in [4.78, 5) is 12.3. The van der Waals surface area contributed by atoms with Gasteiger partial charge < -0.3 is 10.1 Å². The van der Waals surface area contributed by atoms with Crippen LogP contribution in [0.4, 0.5) is 0 Å². The third-order valence-electron chi connectivity index (χ3n) is 3.37. The predicted octanol–water partition coefficient (Wildman–Crippen LogP) is 1.42. The van der Waals surface area contributed by atoms with Crippen molar-refractivity contribution in [2.45, 2.75) is 31.8 Å². The Balaban J connectivity index is 2.21. The molecule has 0 spiro atoms. The van der Waals surface area contributed by atoms with Gasteiger partial charge in [-0.1, -0.05) is 0 Å². The molecule has 1 aromatic rings. The van der Waals surface area contributed by atoms with Crippen molar-refractivity contribution in [2.75, 3.05) is 13.7 Å². The first kappa shape index (κ1) is 13.8. The zero-order chi connectivity index (χ0) is 13.2. The summed E-state index contributed by atoms with van der Waals surface area (Å²) < 4.78 is 8.11. The van der Waals surface area contributed by atoms with Crippen molar-refractivity contribution in [3.8, 4) is 0 Å². The van der Waals surface area contributed by atoms with Crippen molar-refractivity contribution in [1.29, 1.82) is 0 Å². The average molecular weight is 363 g/mol. The van der Waals surface area contributed by atoms with Crippen LogP contribution in [0.15, 0.2) is 12.4 Å². The number of ether oxygens (including phenoxy) is 1. The molecule has 0 bridgehead atoms. The molecule has 0 amide bonds.